The lowest BCUT2D eigenvalue weighted by Gasteiger charge is -2.26. The van der Waals surface area contributed by atoms with Crippen LogP contribution in [0, 0.1) is 0 Å². The van der Waals surface area contributed by atoms with E-state index in [1.165, 1.54) is 0 Å². The lowest BCUT2D eigenvalue weighted by atomic mass is 10.1. The molecule has 41 heavy (non-hydrogen) atoms. The van der Waals surface area contributed by atoms with Crippen molar-refractivity contribution in [2.75, 3.05) is 62.6 Å². The van der Waals surface area contributed by atoms with Gasteiger partial charge in [0.05, 0.1) is 29.9 Å². The normalized spacial score (nSPS) is 14.9. The lowest BCUT2D eigenvalue weighted by molar-refractivity contribution is -0.116. The third kappa shape index (κ3) is 6.91. The monoisotopic (exact) mass is 591 g/mol. The molecule has 5 rings (SSSR count). The van der Waals surface area contributed by atoms with E-state index < -0.39 is 0 Å². The van der Waals surface area contributed by atoms with Crippen molar-refractivity contribution in [3.8, 4) is 17.0 Å². The summed E-state index contributed by atoms with van der Waals surface area (Å²) in [5, 5.41) is 8.01. The number of aromatic nitrogens is 3. The second-order valence-electron chi connectivity index (χ2n) is 10.4. The highest BCUT2D eigenvalue weighted by Crippen LogP contribution is 2.41. The number of para-hydroxylation sites is 1. The van der Waals surface area contributed by atoms with Crippen LogP contribution in [0.15, 0.2) is 54.9 Å². The van der Waals surface area contributed by atoms with Gasteiger partial charge in [0, 0.05) is 79.5 Å². The molecular weight excluding hydrogens is 555 g/mol. The number of hydrogen-bond acceptors (Lipinski definition) is 9. The van der Waals surface area contributed by atoms with Gasteiger partial charge in [-0.05, 0) is 38.7 Å². The summed E-state index contributed by atoms with van der Waals surface area (Å²) in [7, 11) is 13.5. The van der Waals surface area contributed by atoms with E-state index in [-0.39, 0.29) is 5.91 Å². The Morgan fingerprint density at radius 1 is 1.15 bits per heavy atom. The van der Waals surface area contributed by atoms with Crippen molar-refractivity contribution < 1.29 is 9.53 Å². The van der Waals surface area contributed by atoms with Gasteiger partial charge in [0.2, 0.25) is 11.9 Å². The number of hydrogen-bond donors (Lipinski definition) is 2. The van der Waals surface area contributed by atoms with Crippen molar-refractivity contribution in [3.63, 3.8) is 0 Å². The molecule has 2 aromatic carbocycles. The molecule has 4 aromatic rings. The predicted octanol–water partition coefficient (Wildman–Crippen LogP) is 5.87. The SMILES string of the molecule is COc1cc(N(C)CCN(C)C)c(NC(=O)CC2CCSS2)cc1Nc1nccc(-c2cn(C)c3ccccc23)n1. The third-order valence-electron chi connectivity index (χ3n) is 7.10. The molecule has 1 aliphatic heterocycles. The van der Waals surface area contributed by atoms with E-state index in [9.17, 15) is 4.79 Å². The summed E-state index contributed by atoms with van der Waals surface area (Å²) < 4.78 is 7.90. The van der Waals surface area contributed by atoms with Gasteiger partial charge < -0.3 is 29.7 Å². The molecule has 1 fully saturated rings. The number of rotatable bonds is 11. The fraction of sp³-hybridized carbons (Fsp3) is 0.367. The molecule has 0 spiro atoms. The van der Waals surface area contributed by atoms with Crippen LogP contribution in [0.1, 0.15) is 12.8 Å². The van der Waals surface area contributed by atoms with E-state index in [4.69, 9.17) is 9.72 Å². The topological polar surface area (TPSA) is 87.5 Å². The molecule has 2 aromatic heterocycles. The molecule has 1 unspecified atom stereocenters. The Morgan fingerprint density at radius 3 is 2.73 bits per heavy atom. The minimum absolute atomic E-state index is 0.0116. The molecule has 9 nitrogen and oxygen atoms in total. The van der Waals surface area contributed by atoms with Crippen molar-refractivity contribution in [2.24, 2.45) is 7.05 Å². The molecule has 11 heteroatoms. The molecule has 1 atom stereocenters. The number of ether oxygens (including phenoxy) is 1. The smallest absolute Gasteiger partial charge is 0.227 e. The molecule has 2 N–H and O–H groups in total. The third-order valence-corrected chi connectivity index (χ3v) is 10.0. The van der Waals surface area contributed by atoms with Gasteiger partial charge in [-0.2, -0.15) is 0 Å². The number of fused-ring (bicyclic) bond motifs is 1. The zero-order valence-electron chi connectivity index (χ0n) is 24.2. The molecule has 0 bridgehead atoms. The van der Waals surface area contributed by atoms with Crippen molar-refractivity contribution in [1.82, 2.24) is 19.4 Å². The van der Waals surface area contributed by atoms with Crippen LogP contribution in [0.4, 0.5) is 23.0 Å². The summed E-state index contributed by atoms with van der Waals surface area (Å²) in [4.78, 5) is 26.7. The zero-order chi connectivity index (χ0) is 28.9. The summed E-state index contributed by atoms with van der Waals surface area (Å²) >= 11 is 0. The van der Waals surface area contributed by atoms with Crippen LogP contribution in [0.25, 0.3) is 22.2 Å². The highest BCUT2D eigenvalue weighted by Gasteiger charge is 2.22. The summed E-state index contributed by atoms with van der Waals surface area (Å²) in [6, 6.07) is 14.1. The minimum Gasteiger partial charge on any atom is -0.494 e. The number of amides is 1. The number of nitrogens with one attached hydrogen (secondary N) is 2. The molecule has 0 radical (unpaired) electrons. The molecule has 3 heterocycles. The van der Waals surface area contributed by atoms with Crippen LogP contribution in [-0.2, 0) is 11.8 Å². The second kappa shape index (κ2) is 13.1. The Labute approximate surface area is 249 Å². The quantitative estimate of drug-likeness (QED) is 0.208. The van der Waals surface area contributed by atoms with E-state index in [2.05, 4.69) is 48.3 Å². The van der Waals surface area contributed by atoms with Gasteiger partial charge in [-0.25, -0.2) is 9.97 Å². The van der Waals surface area contributed by atoms with E-state index in [0.717, 1.165) is 58.8 Å². The first-order valence-corrected chi connectivity index (χ1v) is 16.0. The molecule has 1 amide bonds. The van der Waals surface area contributed by atoms with Gasteiger partial charge >= 0.3 is 0 Å². The van der Waals surface area contributed by atoms with E-state index in [1.807, 2.05) is 69.3 Å². The van der Waals surface area contributed by atoms with E-state index in [1.54, 1.807) is 24.1 Å². The fourth-order valence-corrected chi connectivity index (χ4v) is 7.77. The van der Waals surface area contributed by atoms with Gasteiger partial charge in [0.1, 0.15) is 5.75 Å². The first-order chi connectivity index (χ1) is 19.8. The second-order valence-corrected chi connectivity index (χ2v) is 13.2. The Balaban J connectivity index is 1.46. The zero-order valence-corrected chi connectivity index (χ0v) is 25.8. The maximum Gasteiger partial charge on any atom is 0.227 e. The first kappa shape index (κ1) is 29.1. The Morgan fingerprint density at radius 2 is 1.98 bits per heavy atom. The number of nitrogens with zero attached hydrogens (tertiary/aromatic N) is 5. The van der Waals surface area contributed by atoms with Gasteiger partial charge in [0.15, 0.2) is 0 Å². The van der Waals surface area contributed by atoms with Gasteiger partial charge in [-0.15, -0.1) is 0 Å². The highest BCUT2D eigenvalue weighted by atomic mass is 33.1. The van der Waals surface area contributed by atoms with Crippen LogP contribution in [0.5, 0.6) is 5.75 Å². The summed E-state index contributed by atoms with van der Waals surface area (Å²) in [6.45, 7) is 1.66. The van der Waals surface area contributed by atoms with E-state index in [0.29, 0.717) is 29.1 Å². The van der Waals surface area contributed by atoms with Crippen molar-refractivity contribution >= 4 is 61.4 Å². The van der Waals surface area contributed by atoms with Crippen molar-refractivity contribution in [3.05, 3.63) is 54.9 Å². The van der Waals surface area contributed by atoms with Crippen LogP contribution in [0.3, 0.4) is 0 Å². The van der Waals surface area contributed by atoms with Gasteiger partial charge in [-0.3, -0.25) is 4.79 Å². The van der Waals surface area contributed by atoms with Gasteiger partial charge in [-0.1, -0.05) is 39.8 Å². The van der Waals surface area contributed by atoms with Crippen LogP contribution >= 0.6 is 21.6 Å². The first-order valence-electron chi connectivity index (χ1n) is 13.6. The molecule has 1 aliphatic rings. The minimum atomic E-state index is 0.0116. The highest BCUT2D eigenvalue weighted by molar-refractivity contribution is 8.77. The van der Waals surface area contributed by atoms with Crippen molar-refractivity contribution in [2.45, 2.75) is 18.1 Å². The molecule has 0 aliphatic carbocycles. The Kier molecular flexibility index (Phi) is 9.26. The maximum absolute atomic E-state index is 13.1. The summed E-state index contributed by atoms with van der Waals surface area (Å²) in [5.41, 5.74) is 5.28. The molecule has 216 valence electrons. The number of carbonyl (C=O) groups is 1. The Bertz CT molecular complexity index is 1520. The summed E-state index contributed by atoms with van der Waals surface area (Å²) in [6.07, 6.45) is 5.38. The van der Waals surface area contributed by atoms with Crippen LogP contribution in [-0.4, -0.2) is 77.7 Å². The summed E-state index contributed by atoms with van der Waals surface area (Å²) in [5.74, 6) is 2.18. The van der Waals surface area contributed by atoms with E-state index >= 15 is 0 Å². The number of methoxy groups -OCH3 is 1. The molecule has 0 saturated carbocycles. The Hall–Kier alpha value is -3.41. The number of likely N-dealkylation sites (N-methyl/N-ethyl adjacent to an activating group) is 2. The predicted molar refractivity (Wildman–Crippen MR) is 174 cm³/mol. The van der Waals surface area contributed by atoms with Crippen LogP contribution in [0.2, 0.25) is 0 Å². The largest absolute Gasteiger partial charge is 0.494 e. The fourth-order valence-electron chi connectivity index (χ4n) is 4.87. The number of benzene rings is 2. The average molecular weight is 592 g/mol. The standard InChI is InChI=1S/C30H37N7O2S2/c1-35(2)13-14-36(3)27-18-28(39-5)25(17-24(27)32-29(38)16-20-11-15-40-41-20)34-30-31-12-10-23(33-30)22-19-37(4)26-9-7-6-8-21(22)26/h6-10,12,17-20H,11,13-16H2,1-5H3,(H,32,38)(H,31,33,34). The number of aryl methyl sites for hydroxylation is 1. The number of anilines is 4. The average Bonchev–Trinajstić information content (AvgIpc) is 3.59. The lowest BCUT2D eigenvalue weighted by Crippen LogP contribution is -2.29. The molecular formula is C30H37N7O2S2. The van der Waals surface area contributed by atoms with Crippen LogP contribution < -0.4 is 20.3 Å². The number of carbonyl (C=O) groups excluding carboxylic acids is 1. The van der Waals surface area contributed by atoms with Crippen molar-refractivity contribution in [1.29, 1.82) is 0 Å². The van der Waals surface area contributed by atoms with Gasteiger partial charge in [0.25, 0.3) is 0 Å². The molecule has 1 saturated heterocycles. The maximum atomic E-state index is 13.1.